The minimum absolute atomic E-state index is 0.288. The zero-order valence-electron chi connectivity index (χ0n) is 17.3. The van der Waals surface area contributed by atoms with Gasteiger partial charge in [0.25, 0.3) is 0 Å². The summed E-state index contributed by atoms with van der Waals surface area (Å²) in [5.74, 6) is 1.77. The van der Waals surface area contributed by atoms with Gasteiger partial charge in [-0.1, -0.05) is 48.9 Å². The van der Waals surface area contributed by atoms with Gasteiger partial charge in [-0.05, 0) is 43.4 Å². The quantitative estimate of drug-likeness (QED) is 0.350. The Labute approximate surface area is 187 Å². The van der Waals surface area contributed by atoms with Gasteiger partial charge in [0, 0.05) is 22.7 Å². The highest BCUT2D eigenvalue weighted by atomic mass is 35.5. The minimum Gasteiger partial charge on any atom is -0.497 e. The van der Waals surface area contributed by atoms with E-state index < -0.39 is 0 Å². The van der Waals surface area contributed by atoms with E-state index in [1.54, 1.807) is 18.4 Å². The molecule has 1 heterocycles. The number of hydrogen-bond acceptors (Lipinski definition) is 5. The summed E-state index contributed by atoms with van der Waals surface area (Å²) in [5, 5.41) is 1.71. The highest BCUT2D eigenvalue weighted by Gasteiger charge is 2.24. The third-order valence-electron chi connectivity index (χ3n) is 4.81. The second-order valence-electron chi connectivity index (χ2n) is 6.82. The van der Waals surface area contributed by atoms with E-state index in [1.807, 2.05) is 30.0 Å². The highest BCUT2D eigenvalue weighted by molar-refractivity contribution is 7.98. The van der Waals surface area contributed by atoms with Crippen molar-refractivity contribution in [3.8, 4) is 17.0 Å². The summed E-state index contributed by atoms with van der Waals surface area (Å²) in [7, 11) is 1.65. The molecule has 0 spiro atoms. The van der Waals surface area contributed by atoms with E-state index in [-0.39, 0.29) is 6.04 Å². The molecule has 0 N–H and O–H groups in total. The number of nitrogens with zero attached hydrogens (tertiary/aromatic N) is 2. The first-order valence-electron chi connectivity index (χ1n) is 9.70. The van der Waals surface area contributed by atoms with Gasteiger partial charge in [0.1, 0.15) is 5.75 Å². The Morgan fingerprint density at radius 1 is 1.21 bits per heavy atom. The van der Waals surface area contributed by atoms with Crippen molar-refractivity contribution in [3.63, 3.8) is 0 Å². The summed E-state index contributed by atoms with van der Waals surface area (Å²) in [6.07, 6.45) is 3.23. The molecule has 0 saturated carbocycles. The predicted octanol–water partition coefficient (Wildman–Crippen LogP) is 7.10. The van der Waals surface area contributed by atoms with Gasteiger partial charge in [-0.3, -0.25) is 0 Å². The zero-order valence-corrected chi connectivity index (χ0v) is 19.7. The van der Waals surface area contributed by atoms with Gasteiger partial charge in [0.2, 0.25) is 0 Å². The molecule has 2 aromatic carbocycles. The van der Waals surface area contributed by atoms with E-state index in [4.69, 9.17) is 21.3 Å². The summed E-state index contributed by atoms with van der Waals surface area (Å²) in [4.78, 5) is 8.67. The van der Waals surface area contributed by atoms with Crippen molar-refractivity contribution < 1.29 is 4.74 Å². The molecule has 3 rings (SSSR count). The number of aromatic nitrogens is 1. The van der Waals surface area contributed by atoms with Crippen LogP contribution in [0.15, 0.2) is 48.5 Å². The molecule has 0 aliphatic carbocycles. The van der Waals surface area contributed by atoms with Crippen molar-refractivity contribution in [2.24, 2.45) is 0 Å². The fraction of sp³-hybridized carbons (Fsp3) is 0.348. The molecular formula is C23H27ClN2OS2. The predicted molar refractivity (Wildman–Crippen MR) is 129 cm³/mol. The van der Waals surface area contributed by atoms with E-state index in [1.165, 1.54) is 10.4 Å². The Morgan fingerprint density at radius 2 is 1.97 bits per heavy atom. The number of thiazole rings is 1. The van der Waals surface area contributed by atoms with Crippen molar-refractivity contribution in [2.75, 3.05) is 30.6 Å². The van der Waals surface area contributed by atoms with Gasteiger partial charge in [-0.2, -0.15) is 11.8 Å². The van der Waals surface area contributed by atoms with Crippen LogP contribution < -0.4 is 9.64 Å². The molecule has 0 aliphatic rings. The first-order valence-corrected chi connectivity index (χ1v) is 12.3. The summed E-state index contributed by atoms with van der Waals surface area (Å²) >= 11 is 10.1. The molecule has 1 unspecified atom stereocenters. The highest BCUT2D eigenvalue weighted by Crippen LogP contribution is 2.40. The van der Waals surface area contributed by atoms with Crippen LogP contribution in [0.5, 0.6) is 5.75 Å². The normalized spacial score (nSPS) is 12.0. The van der Waals surface area contributed by atoms with Crippen LogP contribution in [0.25, 0.3) is 11.3 Å². The van der Waals surface area contributed by atoms with Crippen LogP contribution in [0.1, 0.15) is 29.8 Å². The molecule has 3 aromatic rings. The first kappa shape index (κ1) is 22.0. The zero-order chi connectivity index (χ0) is 20.8. The van der Waals surface area contributed by atoms with Gasteiger partial charge in [0.15, 0.2) is 5.13 Å². The van der Waals surface area contributed by atoms with Crippen LogP contribution >= 0.6 is 34.7 Å². The number of benzene rings is 2. The lowest BCUT2D eigenvalue weighted by Gasteiger charge is -2.31. The summed E-state index contributed by atoms with van der Waals surface area (Å²) in [6.45, 7) is 5.30. The molecule has 3 nitrogen and oxygen atoms in total. The number of rotatable bonds is 9. The summed E-state index contributed by atoms with van der Waals surface area (Å²) in [6, 6.07) is 16.8. The Kier molecular flexibility index (Phi) is 7.87. The summed E-state index contributed by atoms with van der Waals surface area (Å²) < 4.78 is 5.29. The molecule has 0 bridgehead atoms. The van der Waals surface area contributed by atoms with Crippen LogP contribution in [0.3, 0.4) is 0 Å². The van der Waals surface area contributed by atoms with E-state index in [2.05, 4.69) is 55.3 Å². The van der Waals surface area contributed by atoms with Crippen molar-refractivity contribution in [3.05, 3.63) is 64.0 Å². The fourth-order valence-corrected chi connectivity index (χ4v) is 5.34. The van der Waals surface area contributed by atoms with Crippen LogP contribution in [0, 0.1) is 6.92 Å². The number of halogens is 1. The lowest BCUT2D eigenvalue weighted by molar-refractivity contribution is 0.415. The van der Waals surface area contributed by atoms with Gasteiger partial charge < -0.3 is 9.64 Å². The number of anilines is 1. The number of aryl methyl sites for hydroxylation is 1. The molecule has 29 heavy (non-hydrogen) atoms. The molecule has 0 aliphatic heterocycles. The first-order chi connectivity index (χ1) is 14.1. The van der Waals surface area contributed by atoms with Gasteiger partial charge in [0.05, 0.1) is 23.9 Å². The average molecular weight is 447 g/mol. The second kappa shape index (κ2) is 10.4. The van der Waals surface area contributed by atoms with Crippen molar-refractivity contribution in [1.29, 1.82) is 0 Å². The topological polar surface area (TPSA) is 25.4 Å². The molecular weight excluding hydrogens is 420 g/mol. The average Bonchev–Trinajstić information content (AvgIpc) is 3.12. The van der Waals surface area contributed by atoms with E-state index in [0.717, 1.165) is 40.9 Å². The van der Waals surface area contributed by atoms with Gasteiger partial charge in [-0.25, -0.2) is 4.98 Å². The number of hydrogen-bond donors (Lipinski definition) is 0. The maximum Gasteiger partial charge on any atom is 0.186 e. The van der Waals surface area contributed by atoms with Gasteiger partial charge >= 0.3 is 0 Å². The van der Waals surface area contributed by atoms with E-state index in [0.29, 0.717) is 5.02 Å². The minimum atomic E-state index is 0.288. The Balaban J connectivity index is 2.01. The SMILES string of the molecule is CCCN(c1nc(-c2ccc(OC)cc2Cl)c(C)s1)C(CSC)c1ccccc1. The van der Waals surface area contributed by atoms with Crippen molar-refractivity contribution in [2.45, 2.75) is 26.3 Å². The standard InChI is InChI=1S/C23H27ClN2OS2/c1-5-13-26(21(15-28-4)17-9-7-6-8-10-17)23-25-22(16(2)29-23)19-12-11-18(27-3)14-20(19)24/h6-12,14,21H,5,13,15H2,1-4H3. The number of thioether (sulfide) groups is 1. The summed E-state index contributed by atoms with van der Waals surface area (Å²) in [5.41, 5.74) is 3.23. The second-order valence-corrected chi connectivity index (χ2v) is 9.32. The molecule has 1 aromatic heterocycles. The van der Waals surface area contributed by atoms with E-state index >= 15 is 0 Å². The third kappa shape index (κ3) is 5.08. The molecule has 0 radical (unpaired) electrons. The smallest absolute Gasteiger partial charge is 0.186 e. The molecule has 0 amide bonds. The molecule has 6 heteroatoms. The number of methoxy groups -OCH3 is 1. The largest absolute Gasteiger partial charge is 0.497 e. The maximum absolute atomic E-state index is 6.54. The molecule has 0 fully saturated rings. The number of ether oxygens (including phenoxy) is 1. The van der Waals surface area contributed by atoms with E-state index in [9.17, 15) is 0 Å². The van der Waals surface area contributed by atoms with Crippen LogP contribution in [-0.2, 0) is 0 Å². The van der Waals surface area contributed by atoms with Gasteiger partial charge in [-0.15, -0.1) is 11.3 Å². The van der Waals surface area contributed by atoms with Crippen LogP contribution in [0.4, 0.5) is 5.13 Å². The lowest BCUT2D eigenvalue weighted by atomic mass is 10.1. The third-order valence-corrected chi connectivity index (χ3v) is 6.78. The molecule has 1 atom stereocenters. The Hall–Kier alpha value is -1.69. The van der Waals surface area contributed by atoms with Crippen molar-refractivity contribution in [1.82, 2.24) is 4.98 Å². The Bertz CT molecular complexity index is 930. The monoisotopic (exact) mass is 446 g/mol. The Morgan fingerprint density at radius 3 is 2.59 bits per heavy atom. The lowest BCUT2D eigenvalue weighted by Crippen LogP contribution is -2.31. The maximum atomic E-state index is 6.54. The molecule has 0 saturated heterocycles. The van der Waals surface area contributed by atoms with Crippen LogP contribution in [0.2, 0.25) is 5.02 Å². The van der Waals surface area contributed by atoms with Crippen molar-refractivity contribution >= 4 is 39.8 Å². The van der Waals surface area contributed by atoms with Crippen LogP contribution in [-0.4, -0.2) is 30.6 Å². The molecule has 154 valence electrons. The fourth-order valence-electron chi connectivity index (χ4n) is 3.39.